The molecule has 0 saturated heterocycles. The summed E-state index contributed by atoms with van der Waals surface area (Å²) >= 11 is 0. The highest BCUT2D eigenvalue weighted by Crippen LogP contribution is 2.15. The fourth-order valence-electron chi connectivity index (χ4n) is 1.45. The minimum atomic E-state index is 0.396. The average Bonchev–Trinajstić information content (AvgIpc) is 2.20. The predicted octanol–water partition coefficient (Wildman–Crippen LogP) is 3.09. The van der Waals surface area contributed by atoms with Crippen molar-refractivity contribution in [2.75, 3.05) is 11.4 Å². The molecule has 0 aromatic heterocycles. The van der Waals surface area contributed by atoms with Gasteiger partial charge in [0.1, 0.15) is 0 Å². The van der Waals surface area contributed by atoms with Gasteiger partial charge in [0, 0.05) is 18.3 Å². The third-order valence-corrected chi connectivity index (χ3v) is 2.26. The first-order valence-corrected chi connectivity index (χ1v) is 4.73. The number of nitrogens with zero attached hydrogens (tertiary/aromatic N) is 1. The van der Waals surface area contributed by atoms with E-state index < -0.39 is 0 Å². The first-order chi connectivity index (χ1) is 6.29. The van der Waals surface area contributed by atoms with E-state index in [1.807, 2.05) is 12.1 Å². The van der Waals surface area contributed by atoms with Crippen molar-refractivity contribution in [3.05, 3.63) is 43.0 Å². The van der Waals surface area contributed by atoms with Crippen LogP contribution in [-0.2, 0) is 0 Å². The summed E-state index contributed by atoms with van der Waals surface area (Å²) in [4.78, 5) is 2.31. The highest BCUT2D eigenvalue weighted by Gasteiger charge is 2.07. The van der Waals surface area contributed by atoms with Crippen LogP contribution in [0.4, 0.5) is 5.69 Å². The lowest BCUT2D eigenvalue weighted by Gasteiger charge is -2.27. The van der Waals surface area contributed by atoms with Gasteiger partial charge in [0.25, 0.3) is 0 Å². The zero-order chi connectivity index (χ0) is 9.68. The Kier molecular flexibility index (Phi) is 3.56. The summed E-state index contributed by atoms with van der Waals surface area (Å²) in [6.07, 6.45) is 1.97. The molecule has 1 heteroatoms. The van der Waals surface area contributed by atoms with Crippen molar-refractivity contribution in [3.63, 3.8) is 0 Å². The summed E-state index contributed by atoms with van der Waals surface area (Å²) in [6.45, 7) is 9.14. The summed E-state index contributed by atoms with van der Waals surface area (Å²) in [5.74, 6) is 0. The van der Waals surface area contributed by atoms with Gasteiger partial charge in [0.2, 0.25) is 0 Å². The Morgan fingerprint density at radius 2 is 2.00 bits per heavy atom. The lowest BCUT2D eigenvalue weighted by atomic mass is 10.2. The highest BCUT2D eigenvalue weighted by atomic mass is 15.1. The Balaban J connectivity index is 2.84. The standard InChI is InChI=1S/C12H17N/c1-4-11(3)13(5-2)12-9-7-6-8-10-12/h4,6-11H,1,5H2,2-3H3. The molecule has 0 N–H and O–H groups in total. The van der Waals surface area contributed by atoms with E-state index >= 15 is 0 Å². The van der Waals surface area contributed by atoms with Crippen LogP contribution in [0.1, 0.15) is 13.8 Å². The number of likely N-dealkylation sites (N-methyl/N-ethyl adjacent to an activating group) is 1. The number of benzene rings is 1. The maximum Gasteiger partial charge on any atom is 0.0442 e. The average molecular weight is 175 g/mol. The smallest absolute Gasteiger partial charge is 0.0442 e. The summed E-state index contributed by atoms with van der Waals surface area (Å²) in [6, 6.07) is 10.8. The third kappa shape index (κ3) is 2.35. The van der Waals surface area contributed by atoms with Crippen LogP contribution in [0.5, 0.6) is 0 Å². The first kappa shape index (κ1) is 9.85. The lowest BCUT2D eigenvalue weighted by Crippen LogP contribution is -2.30. The van der Waals surface area contributed by atoms with Crippen LogP contribution in [0.2, 0.25) is 0 Å². The molecule has 0 amide bonds. The first-order valence-electron chi connectivity index (χ1n) is 4.73. The molecule has 0 fully saturated rings. The maximum atomic E-state index is 3.81. The van der Waals surface area contributed by atoms with Crippen molar-refractivity contribution in [2.45, 2.75) is 19.9 Å². The molecule has 1 aromatic carbocycles. The summed E-state index contributed by atoms with van der Waals surface area (Å²) in [5.41, 5.74) is 1.26. The van der Waals surface area contributed by atoms with Gasteiger partial charge in [-0.3, -0.25) is 0 Å². The maximum absolute atomic E-state index is 3.81. The lowest BCUT2D eigenvalue weighted by molar-refractivity contribution is 0.760. The summed E-state index contributed by atoms with van der Waals surface area (Å²) in [5, 5.41) is 0. The molecule has 0 aliphatic heterocycles. The van der Waals surface area contributed by atoms with Gasteiger partial charge in [-0.1, -0.05) is 24.3 Å². The molecule has 70 valence electrons. The van der Waals surface area contributed by atoms with E-state index in [4.69, 9.17) is 0 Å². The molecule has 1 nitrogen and oxygen atoms in total. The van der Waals surface area contributed by atoms with Crippen molar-refractivity contribution in [3.8, 4) is 0 Å². The number of anilines is 1. The second kappa shape index (κ2) is 4.70. The Labute approximate surface area is 80.7 Å². The molecular formula is C12H17N. The number of hydrogen-bond acceptors (Lipinski definition) is 1. The van der Waals surface area contributed by atoms with Crippen LogP contribution in [0, 0.1) is 0 Å². The van der Waals surface area contributed by atoms with Gasteiger partial charge in [-0.2, -0.15) is 0 Å². The highest BCUT2D eigenvalue weighted by molar-refractivity contribution is 5.47. The molecule has 1 unspecified atom stereocenters. The molecule has 0 heterocycles. The van der Waals surface area contributed by atoms with Gasteiger partial charge in [-0.25, -0.2) is 0 Å². The van der Waals surface area contributed by atoms with Gasteiger partial charge < -0.3 is 4.90 Å². The van der Waals surface area contributed by atoms with Gasteiger partial charge in [0.05, 0.1) is 0 Å². The zero-order valence-electron chi connectivity index (χ0n) is 8.40. The van der Waals surface area contributed by atoms with Crippen molar-refractivity contribution < 1.29 is 0 Å². The van der Waals surface area contributed by atoms with E-state index in [9.17, 15) is 0 Å². The van der Waals surface area contributed by atoms with Crippen LogP contribution in [0.25, 0.3) is 0 Å². The van der Waals surface area contributed by atoms with Gasteiger partial charge >= 0.3 is 0 Å². The largest absolute Gasteiger partial charge is 0.366 e. The number of rotatable bonds is 4. The van der Waals surface area contributed by atoms with E-state index in [-0.39, 0.29) is 0 Å². The van der Waals surface area contributed by atoms with E-state index in [2.05, 4.69) is 49.6 Å². The summed E-state index contributed by atoms with van der Waals surface area (Å²) < 4.78 is 0. The Morgan fingerprint density at radius 3 is 2.46 bits per heavy atom. The molecule has 1 aromatic rings. The molecule has 0 radical (unpaired) electrons. The third-order valence-electron chi connectivity index (χ3n) is 2.26. The van der Waals surface area contributed by atoms with Gasteiger partial charge in [0.15, 0.2) is 0 Å². The SMILES string of the molecule is C=CC(C)N(CC)c1ccccc1. The quantitative estimate of drug-likeness (QED) is 0.636. The number of para-hydroxylation sites is 1. The molecule has 0 spiro atoms. The molecule has 0 aliphatic carbocycles. The van der Waals surface area contributed by atoms with Crippen molar-refractivity contribution in [1.82, 2.24) is 0 Å². The van der Waals surface area contributed by atoms with E-state index in [0.717, 1.165) is 6.54 Å². The fourth-order valence-corrected chi connectivity index (χ4v) is 1.45. The second-order valence-electron chi connectivity index (χ2n) is 3.10. The fraction of sp³-hybridized carbons (Fsp3) is 0.333. The minimum Gasteiger partial charge on any atom is -0.366 e. The van der Waals surface area contributed by atoms with Crippen molar-refractivity contribution in [1.29, 1.82) is 0 Å². The van der Waals surface area contributed by atoms with Crippen LogP contribution in [0.3, 0.4) is 0 Å². The van der Waals surface area contributed by atoms with Crippen molar-refractivity contribution >= 4 is 5.69 Å². The Hall–Kier alpha value is -1.24. The zero-order valence-corrected chi connectivity index (χ0v) is 8.40. The van der Waals surface area contributed by atoms with Gasteiger partial charge in [-0.05, 0) is 26.0 Å². The molecule has 13 heavy (non-hydrogen) atoms. The predicted molar refractivity (Wildman–Crippen MR) is 59.1 cm³/mol. The van der Waals surface area contributed by atoms with Crippen molar-refractivity contribution in [2.24, 2.45) is 0 Å². The number of hydrogen-bond donors (Lipinski definition) is 0. The Bertz CT molecular complexity index is 253. The molecular weight excluding hydrogens is 158 g/mol. The molecule has 1 atom stereocenters. The monoisotopic (exact) mass is 175 g/mol. The van der Waals surface area contributed by atoms with E-state index in [0.29, 0.717) is 6.04 Å². The van der Waals surface area contributed by atoms with Crippen LogP contribution in [0.15, 0.2) is 43.0 Å². The normalized spacial score (nSPS) is 12.2. The van der Waals surface area contributed by atoms with E-state index in [1.54, 1.807) is 0 Å². The topological polar surface area (TPSA) is 3.24 Å². The molecule has 0 saturated carbocycles. The molecule has 0 bridgehead atoms. The second-order valence-corrected chi connectivity index (χ2v) is 3.10. The van der Waals surface area contributed by atoms with E-state index in [1.165, 1.54) is 5.69 Å². The molecule has 0 aliphatic rings. The Morgan fingerprint density at radius 1 is 1.38 bits per heavy atom. The van der Waals surface area contributed by atoms with Crippen LogP contribution < -0.4 is 4.90 Å². The van der Waals surface area contributed by atoms with Crippen LogP contribution in [-0.4, -0.2) is 12.6 Å². The van der Waals surface area contributed by atoms with Gasteiger partial charge in [-0.15, -0.1) is 6.58 Å². The minimum absolute atomic E-state index is 0.396. The van der Waals surface area contributed by atoms with Crippen LogP contribution >= 0.6 is 0 Å². The molecule has 1 rings (SSSR count). The summed E-state index contributed by atoms with van der Waals surface area (Å²) in [7, 11) is 0.